The molecule has 20 heavy (non-hydrogen) atoms. The third-order valence-corrected chi connectivity index (χ3v) is 3.36. The summed E-state index contributed by atoms with van der Waals surface area (Å²) >= 11 is 12.1. The van der Waals surface area contributed by atoms with Crippen molar-refractivity contribution in [1.82, 2.24) is 4.98 Å². The molecular weight excluding hydrogens is 299 g/mol. The van der Waals surface area contributed by atoms with E-state index in [2.05, 4.69) is 10.3 Å². The van der Waals surface area contributed by atoms with E-state index in [1.54, 1.807) is 37.4 Å². The van der Waals surface area contributed by atoms with Crippen molar-refractivity contribution < 1.29 is 9.53 Å². The molecule has 4 nitrogen and oxygen atoms in total. The molecule has 0 saturated heterocycles. The molecule has 0 aliphatic rings. The second-order valence-corrected chi connectivity index (χ2v) is 4.84. The van der Waals surface area contributed by atoms with Gasteiger partial charge in [-0.25, -0.2) is 0 Å². The average molecular weight is 311 g/mol. The molecule has 1 aromatic carbocycles. The van der Waals surface area contributed by atoms with Crippen molar-refractivity contribution in [2.75, 3.05) is 12.4 Å². The Morgan fingerprint density at radius 2 is 1.95 bits per heavy atom. The first-order chi connectivity index (χ1) is 9.54. The van der Waals surface area contributed by atoms with Crippen LogP contribution in [0.3, 0.4) is 0 Å². The summed E-state index contributed by atoms with van der Waals surface area (Å²) in [5.41, 5.74) is 1.51. The van der Waals surface area contributed by atoms with E-state index in [0.717, 1.165) is 0 Å². The van der Waals surface area contributed by atoms with Crippen LogP contribution in [0.5, 0.6) is 5.75 Å². The van der Waals surface area contributed by atoms with Crippen LogP contribution in [0.25, 0.3) is 0 Å². The smallest absolute Gasteiger partial charge is 0.261 e. The number of aromatic nitrogens is 1. The number of nitrogens with zero attached hydrogens (tertiary/aromatic N) is 1. The third-order valence-electron chi connectivity index (χ3n) is 2.75. The SMILES string of the molecule is COc1c(Cl)ccc(Cl)c1C(=O)Nc1cccnc1C. The van der Waals surface area contributed by atoms with Gasteiger partial charge in [0.1, 0.15) is 5.56 Å². The molecule has 2 rings (SSSR count). The monoisotopic (exact) mass is 310 g/mol. The third kappa shape index (κ3) is 2.86. The van der Waals surface area contributed by atoms with Crippen LogP contribution in [0.4, 0.5) is 5.69 Å². The van der Waals surface area contributed by atoms with E-state index < -0.39 is 5.91 Å². The number of nitrogens with one attached hydrogen (secondary N) is 1. The van der Waals surface area contributed by atoms with Crippen molar-refractivity contribution in [1.29, 1.82) is 0 Å². The molecule has 0 aliphatic carbocycles. The summed E-state index contributed by atoms with van der Waals surface area (Å²) < 4.78 is 5.15. The van der Waals surface area contributed by atoms with E-state index in [0.29, 0.717) is 16.4 Å². The highest BCUT2D eigenvalue weighted by Crippen LogP contribution is 2.34. The normalized spacial score (nSPS) is 10.2. The number of hydrogen-bond acceptors (Lipinski definition) is 3. The summed E-state index contributed by atoms with van der Waals surface area (Å²) in [6.07, 6.45) is 1.65. The number of hydrogen-bond donors (Lipinski definition) is 1. The quantitative estimate of drug-likeness (QED) is 0.933. The summed E-state index contributed by atoms with van der Waals surface area (Å²) in [6.45, 7) is 1.80. The predicted molar refractivity (Wildman–Crippen MR) is 79.9 cm³/mol. The van der Waals surface area contributed by atoms with Crippen LogP contribution in [-0.4, -0.2) is 18.0 Å². The fourth-order valence-corrected chi connectivity index (χ4v) is 2.21. The number of carbonyl (C=O) groups is 1. The number of benzene rings is 1. The van der Waals surface area contributed by atoms with Crippen LogP contribution in [0, 0.1) is 6.92 Å². The summed E-state index contributed by atoms with van der Waals surface area (Å²) in [4.78, 5) is 16.5. The van der Waals surface area contributed by atoms with Gasteiger partial charge < -0.3 is 10.1 Å². The van der Waals surface area contributed by atoms with E-state index in [4.69, 9.17) is 27.9 Å². The number of pyridine rings is 1. The fraction of sp³-hybridized carbons (Fsp3) is 0.143. The molecule has 1 heterocycles. The van der Waals surface area contributed by atoms with Crippen molar-refractivity contribution in [3.05, 3.63) is 51.8 Å². The number of halogens is 2. The summed E-state index contributed by atoms with van der Waals surface area (Å²) in [5.74, 6) is -0.149. The first-order valence-electron chi connectivity index (χ1n) is 5.79. The summed E-state index contributed by atoms with van der Waals surface area (Å²) in [6, 6.07) is 6.62. The first kappa shape index (κ1) is 14.6. The highest BCUT2D eigenvalue weighted by atomic mass is 35.5. The van der Waals surface area contributed by atoms with Crippen LogP contribution in [0.1, 0.15) is 16.1 Å². The van der Waals surface area contributed by atoms with E-state index in [9.17, 15) is 4.79 Å². The molecule has 104 valence electrons. The minimum atomic E-state index is -0.398. The molecule has 0 bridgehead atoms. The molecule has 1 amide bonds. The zero-order valence-electron chi connectivity index (χ0n) is 10.9. The molecule has 1 N–H and O–H groups in total. The Bertz CT molecular complexity index is 660. The van der Waals surface area contributed by atoms with Gasteiger partial charge in [-0.05, 0) is 31.2 Å². The van der Waals surface area contributed by atoms with Gasteiger partial charge in [-0.2, -0.15) is 0 Å². The van der Waals surface area contributed by atoms with E-state index in [-0.39, 0.29) is 16.3 Å². The molecule has 2 aromatic rings. The Morgan fingerprint density at radius 1 is 1.25 bits per heavy atom. The van der Waals surface area contributed by atoms with Gasteiger partial charge in [0.05, 0.1) is 28.5 Å². The maximum absolute atomic E-state index is 12.4. The van der Waals surface area contributed by atoms with E-state index in [1.807, 2.05) is 0 Å². The molecule has 0 unspecified atom stereocenters. The lowest BCUT2D eigenvalue weighted by Gasteiger charge is -2.13. The van der Waals surface area contributed by atoms with Gasteiger partial charge in [-0.1, -0.05) is 23.2 Å². The molecule has 0 radical (unpaired) electrons. The summed E-state index contributed by atoms with van der Waals surface area (Å²) in [5, 5.41) is 3.34. The minimum absolute atomic E-state index is 0.199. The second-order valence-electron chi connectivity index (χ2n) is 4.03. The Morgan fingerprint density at radius 3 is 2.60 bits per heavy atom. The Balaban J connectivity index is 2.40. The Hall–Kier alpha value is -1.78. The summed E-state index contributed by atoms with van der Waals surface area (Å²) in [7, 11) is 1.43. The largest absolute Gasteiger partial charge is 0.494 e. The lowest BCUT2D eigenvalue weighted by molar-refractivity contribution is 0.102. The Kier molecular flexibility index (Phi) is 4.47. The molecular formula is C14H12Cl2N2O2. The zero-order valence-corrected chi connectivity index (χ0v) is 12.4. The van der Waals surface area contributed by atoms with Gasteiger partial charge in [-0.15, -0.1) is 0 Å². The predicted octanol–water partition coefficient (Wildman–Crippen LogP) is 3.96. The van der Waals surface area contributed by atoms with E-state index in [1.165, 1.54) is 7.11 Å². The van der Waals surface area contributed by atoms with Crippen molar-refractivity contribution in [2.24, 2.45) is 0 Å². The van der Waals surface area contributed by atoms with Gasteiger partial charge in [-0.3, -0.25) is 9.78 Å². The van der Waals surface area contributed by atoms with Crippen molar-refractivity contribution in [3.8, 4) is 5.75 Å². The van der Waals surface area contributed by atoms with Crippen molar-refractivity contribution in [3.63, 3.8) is 0 Å². The fourth-order valence-electron chi connectivity index (χ4n) is 1.75. The van der Waals surface area contributed by atoms with Gasteiger partial charge in [0.15, 0.2) is 5.75 Å². The van der Waals surface area contributed by atoms with Crippen LogP contribution < -0.4 is 10.1 Å². The number of anilines is 1. The first-order valence-corrected chi connectivity index (χ1v) is 6.55. The lowest BCUT2D eigenvalue weighted by atomic mass is 10.1. The molecule has 0 saturated carbocycles. The standard InChI is InChI=1S/C14H12Cl2N2O2/c1-8-11(4-3-7-17-8)18-14(19)12-9(15)5-6-10(16)13(12)20-2/h3-7H,1-2H3,(H,18,19). The molecule has 0 aliphatic heterocycles. The molecule has 1 aromatic heterocycles. The maximum atomic E-state index is 12.4. The zero-order chi connectivity index (χ0) is 14.7. The molecule has 6 heteroatoms. The number of amides is 1. The number of aryl methyl sites for hydroxylation is 1. The number of carbonyl (C=O) groups excluding carboxylic acids is 1. The topological polar surface area (TPSA) is 51.2 Å². The van der Waals surface area contributed by atoms with Crippen molar-refractivity contribution in [2.45, 2.75) is 6.92 Å². The van der Waals surface area contributed by atoms with Crippen LogP contribution >= 0.6 is 23.2 Å². The van der Waals surface area contributed by atoms with Gasteiger partial charge >= 0.3 is 0 Å². The van der Waals surface area contributed by atoms with Crippen LogP contribution in [-0.2, 0) is 0 Å². The number of methoxy groups -OCH3 is 1. The number of rotatable bonds is 3. The molecule has 0 atom stereocenters. The van der Waals surface area contributed by atoms with Gasteiger partial charge in [0, 0.05) is 6.20 Å². The highest BCUT2D eigenvalue weighted by Gasteiger charge is 2.20. The van der Waals surface area contributed by atoms with Gasteiger partial charge in [0.2, 0.25) is 0 Å². The minimum Gasteiger partial charge on any atom is -0.494 e. The lowest BCUT2D eigenvalue weighted by Crippen LogP contribution is -2.15. The molecule has 0 fully saturated rings. The van der Waals surface area contributed by atoms with Gasteiger partial charge in [0.25, 0.3) is 5.91 Å². The highest BCUT2D eigenvalue weighted by molar-refractivity contribution is 6.37. The Labute approximate surface area is 126 Å². The average Bonchev–Trinajstić information content (AvgIpc) is 2.43. The molecule has 0 spiro atoms. The maximum Gasteiger partial charge on any atom is 0.261 e. The van der Waals surface area contributed by atoms with E-state index >= 15 is 0 Å². The number of ether oxygens (including phenoxy) is 1. The second kappa shape index (κ2) is 6.11. The van der Waals surface area contributed by atoms with Crippen LogP contribution in [0.2, 0.25) is 10.0 Å². The van der Waals surface area contributed by atoms with Crippen molar-refractivity contribution >= 4 is 34.8 Å². The van der Waals surface area contributed by atoms with Crippen LogP contribution in [0.15, 0.2) is 30.5 Å².